The minimum atomic E-state index is -0.393. The van der Waals surface area contributed by atoms with Crippen molar-refractivity contribution in [1.29, 1.82) is 0 Å². The van der Waals surface area contributed by atoms with Gasteiger partial charge in [-0.2, -0.15) is 0 Å². The quantitative estimate of drug-likeness (QED) is 0.923. The maximum atomic E-state index is 12.2. The van der Waals surface area contributed by atoms with Crippen LogP contribution in [-0.4, -0.2) is 35.5 Å². The molecule has 1 aliphatic heterocycles. The number of nitrogens with zero attached hydrogens (tertiary/aromatic N) is 1. The van der Waals surface area contributed by atoms with Crippen molar-refractivity contribution in [3.63, 3.8) is 0 Å². The molecule has 2 fully saturated rings. The second-order valence-corrected chi connectivity index (χ2v) is 7.02. The third-order valence-electron chi connectivity index (χ3n) is 5.00. The van der Waals surface area contributed by atoms with Gasteiger partial charge in [0.2, 0.25) is 5.91 Å². The van der Waals surface area contributed by atoms with E-state index in [2.05, 4.69) is 12.2 Å². The van der Waals surface area contributed by atoms with Crippen molar-refractivity contribution in [2.24, 2.45) is 5.92 Å². The number of carbonyl (C=O) groups excluding carboxylic acids is 2. The van der Waals surface area contributed by atoms with Crippen molar-refractivity contribution in [1.82, 2.24) is 10.2 Å². The number of benzene rings is 1. The molecule has 1 heterocycles. The summed E-state index contributed by atoms with van der Waals surface area (Å²) in [5, 5.41) is 3.00. The fourth-order valence-corrected chi connectivity index (χ4v) is 3.81. The molecule has 3 rings (SSSR count). The van der Waals surface area contributed by atoms with Gasteiger partial charge in [-0.15, -0.1) is 0 Å². The van der Waals surface area contributed by atoms with Gasteiger partial charge in [0.1, 0.15) is 6.61 Å². The second kappa shape index (κ2) is 7.69. The molecule has 1 saturated carbocycles. The number of amides is 2. The summed E-state index contributed by atoms with van der Waals surface area (Å²) < 4.78 is 5.34. The Balaban J connectivity index is 1.55. The van der Waals surface area contributed by atoms with Crippen LogP contribution in [0.2, 0.25) is 0 Å². The molecule has 0 aromatic heterocycles. The number of nitrogens with one attached hydrogen (secondary N) is 1. The Morgan fingerprint density at radius 3 is 2.71 bits per heavy atom. The first-order chi connectivity index (χ1) is 11.6. The van der Waals surface area contributed by atoms with Crippen LogP contribution in [-0.2, 0) is 16.1 Å². The maximum absolute atomic E-state index is 12.2. The molecule has 0 radical (unpaired) electrons. The molecular formula is C19H26N2O3. The van der Waals surface area contributed by atoms with Gasteiger partial charge in [0.05, 0.1) is 12.1 Å². The first-order valence-corrected chi connectivity index (χ1v) is 8.90. The van der Waals surface area contributed by atoms with E-state index in [-0.39, 0.29) is 24.6 Å². The first kappa shape index (κ1) is 16.8. The van der Waals surface area contributed by atoms with Crippen LogP contribution in [0, 0.1) is 5.92 Å². The zero-order chi connectivity index (χ0) is 16.9. The van der Waals surface area contributed by atoms with E-state index in [0.29, 0.717) is 12.3 Å². The Hall–Kier alpha value is -2.04. The third-order valence-corrected chi connectivity index (χ3v) is 5.00. The molecule has 0 spiro atoms. The lowest BCUT2D eigenvalue weighted by Crippen LogP contribution is -2.53. The monoisotopic (exact) mass is 330 g/mol. The fourth-order valence-electron chi connectivity index (χ4n) is 3.81. The number of hydrogen-bond acceptors (Lipinski definition) is 3. The molecule has 1 aliphatic carbocycles. The normalized spacial score (nSPS) is 27.1. The SMILES string of the molecule is CC1CC(=O)N(C2CCCCC2NC(=O)OCc2ccccc2)C1. The highest BCUT2D eigenvalue weighted by Gasteiger charge is 2.38. The van der Waals surface area contributed by atoms with Crippen molar-refractivity contribution < 1.29 is 14.3 Å². The Labute approximate surface area is 143 Å². The van der Waals surface area contributed by atoms with Crippen molar-refractivity contribution in [2.75, 3.05) is 6.54 Å². The predicted octanol–water partition coefficient (Wildman–Crippen LogP) is 3.09. The largest absolute Gasteiger partial charge is 0.445 e. The van der Waals surface area contributed by atoms with E-state index in [1.165, 1.54) is 0 Å². The van der Waals surface area contributed by atoms with Crippen molar-refractivity contribution in [3.05, 3.63) is 35.9 Å². The molecule has 5 heteroatoms. The summed E-state index contributed by atoms with van der Waals surface area (Å²) in [5.41, 5.74) is 0.969. The van der Waals surface area contributed by atoms with E-state index in [1.54, 1.807) is 0 Å². The van der Waals surface area contributed by atoms with E-state index in [1.807, 2.05) is 35.2 Å². The predicted molar refractivity (Wildman–Crippen MR) is 91.3 cm³/mol. The highest BCUT2D eigenvalue weighted by Crippen LogP contribution is 2.29. The molecule has 24 heavy (non-hydrogen) atoms. The molecule has 5 nitrogen and oxygen atoms in total. The van der Waals surface area contributed by atoms with Gasteiger partial charge in [0, 0.05) is 13.0 Å². The average Bonchev–Trinajstić information content (AvgIpc) is 2.93. The molecule has 1 aromatic rings. The first-order valence-electron chi connectivity index (χ1n) is 8.90. The molecule has 2 amide bonds. The standard InChI is InChI=1S/C19H26N2O3/c1-14-11-18(22)21(12-14)17-10-6-5-9-16(17)20-19(23)24-13-15-7-3-2-4-8-15/h2-4,7-8,14,16-17H,5-6,9-13H2,1H3,(H,20,23). The molecule has 3 unspecified atom stereocenters. The van der Waals surface area contributed by atoms with Gasteiger partial charge in [-0.1, -0.05) is 50.1 Å². The molecule has 2 aliphatic rings. The summed E-state index contributed by atoms with van der Waals surface area (Å²) in [6.45, 7) is 3.18. The molecule has 1 saturated heterocycles. The number of likely N-dealkylation sites (tertiary alicyclic amines) is 1. The van der Waals surface area contributed by atoms with Gasteiger partial charge in [0.25, 0.3) is 0 Å². The highest BCUT2D eigenvalue weighted by atomic mass is 16.5. The van der Waals surface area contributed by atoms with Crippen LogP contribution >= 0.6 is 0 Å². The third kappa shape index (κ3) is 4.08. The molecule has 1 aromatic carbocycles. The lowest BCUT2D eigenvalue weighted by atomic mass is 9.89. The lowest BCUT2D eigenvalue weighted by molar-refractivity contribution is -0.130. The highest BCUT2D eigenvalue weighted by molar-refractivity contribution is 5.79. The zero-order valence-corrected chi connectivity index (χ0v) is 14.2. The van der Waals surface area contributed by atoms with Gasteiger partial charge in [-0.05, 0) is 24.3 Å². The Bertz CT molecular complexity index is 575. The van der Waals surface area contributed by atoms with E-state index >= 15 is 0 Å². The van der Waals surface area contributed by atoms with Crippen LogP contribution in [0.1, 0.15) is 44.6 Å². The minimum Gasteiger partial charge on any atom is -0.445 e. The van der Waals surface area contributed by atoms with Gasteiger partial charge in [0.15, 0.2) is 0 Å². The minimum absolute atomic E-state index is 0.00345. The summed E-state index contributed by atoms with van der Waals surface area (Å²) in [6.07, 6.45) is 4.29. The fraction of sp³-hybridized carbons (Fsp3) is 0.579. The molecular weight excluding hydrogens is 304 g/mol. The molecule has 1 N–H and O–H groups in total. The van der Waals surface area contributed by atoms with Crippen molar-refractivity contribution >= 4 is 12.0 Å². The van der Waals surface area contributed by atoms with E-state index in [9.17, 15) is 9.59 Å². The molecule has 0 bridgehead atoms. The van der Waals surface area contributed by atoms with Crippen LogP contribution < -0.4 is 5.32 Å². The number of alkyl carbamates (subject to hydrolysis) is 1. The zero-order valence-electron chi connectivity index (χ0n) is 14.2. The number of rotatable bonds is 4. The van der Waals surface area contributed by atoms with Gasteiger partial charge >= 0.3 is 6.09 Å². The summed E-state index contributed by atoms with van der Waals surface area (Å²) in [6, 6.07) is 9.75. The molecule has 3 atom stereocenters. The smallest absolute Gasteiger partial charge is 0.407 e. The van der Waals surface area contributed by atoms with Crippen LogP contribution in [0.25, 0.3) is 0 Å². The summed E-state index contributed by atoms with van der Waals surface area (Å²) in [7, 11) is 0. The van der Waals surface area contributed by atoms with Crippen LogP contribution in [0.5, 0.6) is 0 Å². The Morgan fingerprint density at radius 1 is 1.25 bits per heavy atom. The maximum Gasteiger partial charge on any atom is 0.407 e. The topological polar surface area (TPSA) is 58.6 Å². The van der Waals surface area contributed by atoms with E-state index in [4.69, 9.17) is 4.74 Å². The van der Waals surface area contributed by atoms with Crippen molar-refractivity contribution in [2.45, 2.75) is 57.7 Å². The molecule has 130 valence electrons. The second-order valence-electron chi connectivity index (χ2n) is 7.02. The van der Waals surface area contributed by atoms with Crippen LogP contribution in [0.3, 0.4) is 0 Å². The van der Waals surface area contributed by atoms with Crippen molar-refractivity contribution in [3.8, 4) is 0 Å². The Morgan fingerprint density at radius 2 is 2.00 bits per heavy atom. The number of hydrogen-bond donors (Lipinski definition) is 1. The van der Waals surface area contributed by atoms with Crippen LogP contribution in [0.15, 0.2) is 30.3 Å². The number of carbonyl (C=O) groups is 2. The Kier molecular flexibility index (Phi) is 5.38. The van der Waals surface area contributed by atoms with Gasteiger partial charge < -0.3 is 15.0 Å². The lowest BCUT2D eigenvalue weighted by Gasteiger charge is -2.38. The summed E-state index contributed by atoms with van der Waals surface area (Å²) >= 11 is 0. The van der Waals surface area contributed by atoms with E-state index in [0.717, 1.165) is 37.8 Å². The van der Waals surface area contributed by atoms with Gasteiger partial charge in [-0.3, -0.25) is 4.79 Å². The summed E-state index contributed by atoms with van der Waals surface area (Å²) in [5.74, 6) is 0.629. The number of ether oxygens (including phenoxy) is 1. The summed E-state index contributed by atoms with van der Waals surface area (Å²) in [4.78, 5) is 26.3. The van der Waals surface area contributed by atoms with E-state index < -0.39 is 6.09 Å². The van der Waals surface area contributed by atoms with Gasteiger partial charge in [-0.25, -0.2) is 4.79 Å². The average molecular weight is 330 g/mol. The van der Waals surface area contributed by atoms with Crippen LogP contribution in [0.4, 0.5) is 4.79 Å².